The molecule has 0 saturated carbocycles. The molecule has 1 amide bonds. The average Bonchev–Trinajstić information content (AvgIpc) is 3.52. The van der Waals surface area contributed by atoms with Crippen LogP contribution in [0, 0.1) is 0 Å². The number of aromatic nitrogens is 2. The number of nitrogens with one attached hydrogen (secondary N) is 1. The van der Waals surface area contributed by atoms with Crippen molar-refractivity contribution in [2.24, 2.45) is 0 Å². The number of fused-ring (bicyclic) bond motifs is 1. The lowest BCUT2D eigenvalue weighted by Crippen LogP contribution is -2.29. The van der Waals surface area contributed by atoms with Crippen molar-refractivity contribution in [3.63, 3.8) is 0 Å². The lowest BCUT2D eigenvalue weighted by molar-refractivity contribution is 0.0526. The molecule has 1 aliphatic rings. The average molecular weight is 430 g/mol. The third kappa shape index (κ3) is 3.23. The smallest absolute Gasteiger partial charge is 0.338 e. The third-order valence-electron chi connectivity index (χ3n) is 5.30. The van der Waals surface area contributed by atoms with E-state index in [4.69, 9.17) is 4.74 Å². The molecular weight excluding hydrogens is 410 g/mol. The molecule has 1 atom stereocenters. The van der Waals surface area contributed by atoms with Crippen LogP contribution in [0.4, 0.5) is 5.69 Å². The highest BCUT2D eigenvalue weighted by Crippen LogP contribution is 2.45. The van der Waals surface area contributed by atoms with Crippen LogP contribution in [-0.4, -0.2) is 28.7 Å². The number of aromatic amines is 1. The van der Waals surface area contributed by atoms with Gasteiger partial charge in [-0.2, -0.15) is 5.10 Å². The van der Waals surface area contributed by atoms with E-state index < -0.39 is 0 Å². The number of hydrogen-bond donors (Lipinski definition) is 1. The number of esters is 1. The molecule has 2 aromatic carbocycles. The zero-order valence-electron chi connectivity index (χ0n) is 16.7. The van der Waals surface area contributed by atoms with Gasteiger partial charge < -0.3 is 4.74 Å². The van der Waals surface area contributed by atoms with Gasteiger partial charge in [-0.3, -0.25) is 14.8 Å². The first-order valence-corrected chi connectivity index (χ1v) is 10.8. The van der Waals surface area contributed by atoms with Gasteiger partial charge in [0.15, 0.2) is 5.69 Å². The molecule has 31 heavy (non-hydrogen) atoms. The maximum Gasteiger partial charge on any atom is 0.338 e. The van der Waals surface area contributed by atoms with E-state index in [0.29, 0.717) is 23.6 Å². The normalized spacial score (nSPS) is 15.2. The van der Waals surface area contributed by atoms with E-state index >= 15 is 0 Å². The fourth-order valence-electron chi connectivity index (χ4n) is 3.94. The highest BCUT2D eigenvalue weighted by atomic mass is 32.1. The first-order chi connectivity index (χ1) is 15.2. The van der Waals surface area contributed by atoms with Gasteiger partial charge in [-0.05, 0) is 48.2 Å². The summed E-state index contributed by atoms with van der Waals surface area (Å²) in [5, 5.41) is 9.44. The topological polar surface area (TPSA) is 75.3 Å². The van der Waals surface area contributed by atoms with Gasteiger partial charge in [0.25, 0.3) is 5.91 Å². The number of amides is 1. The Balaban J connectivity index is 1.62. The Hall–Kier alpha value is -3.71. The summed E-state index contributed by atoms with van der Waals surface area (Å²) in [7, 11) is 0. The standard InChI is InChI=1S/C24H19N3O3S/c1-2-30-24(29)16-10-12-17(13-11-16)27-22(15-7-4-3-5-8-15)19-20(18-9-6-14-31-18)25-26-21(19)23(27)28/h3-14,22H,2H2,1H3,(H,25,26)/t22-/m1/s1. The van der Waals surface area contributed by atoms with Crippen molar-refractivity contribution in [2.75, 3.05) is 11.5 Å². The van der Waals surface area contributed by atoms with Gasteiger partial charge in [0.05, 0.1) is 28.8 Å². The Kier molecular flexibility index (Phi) is 4.88. The lowest BCUT2D eigenvalue weighted by Gasteiger charge is -2.26. The maximum atomic E-state index is 13.4. The van der Waals surface area contributed by atoms with Crippen molar-refractivity contribution in [2.45, 2.75) is 13.0 Å². The molecule has 7 heteroatoms. The second-order valence-electron chi connectivity index (χ2n) is 7.09. The summed E-state index contributed by atoms with van der Waals surface area (Å²) in [6.07, 6.45) is 0. The van der Waals surface area contributed by atoms with Crippen molar-refractivity contribution in [1.29, 1.82) is 0 Å². The van der Waals surface area contributed by atoms with Gasteiger partial charge >= 0.3 is 5.97 Å². The predicted octanol–water partition coefficient (Wildman–Crippen LogP) is 5.06. The van der Waals surface area contributed by atoms with Gasteiger partial charge in [-0.1, -0.05) is 36.4 Å². The number of thiophene rings is 1. The Labute approximate surface area is 183 Å². The largest absolute Gasteiger partial charge is 0.462 e. The second kappa shape index (κ2) is 7.85. The number of nitrogens with zero attached hydrogens (tertiary/aromatic N) is 2. The Bertz CT molecular complexity index is 1230. The number of ether oxygens (including phenoxy) is 1. The van der Waals surface area contributed by atoms with E-state index in [1.807, 2.05) is 47.8 Å². The Morgan fingerprint density at radius 1 is 1.10 bits per heavy atom. The molecule has 1 N–H and O–H groups in total. The number of anilines is 1. The highest BCUT2D eigenvalue weighted by Gasteiger charge is 2.43. The van der Waals surface area contributed by atoms with Crippen LogP contribution < -0.4 is 4.90 Å². The van der Waals surface area contributed by atoms with Crippen molar-refractivity contribution in [3.8, 4) is 10.6 Å². The van der Waals surface area contributed by atoms with E-state index in [2.05, 4.69) is 10.2 Å². The molecule has 2 aromatic heterocycles. The van der Waals surface area contributed by atoms with Gasteiger partial charge in [0.2, 0.25) is 0 Å². The summed E-state index contributed by atoms with van der Waals surface area (Å²) >= 11 is 1.60. The van der Waals surface area contributed by atoms with Gasteiger partial charge in [-0.15, -0.1) is 11.3 Å². The van der Waals surface area contributed by atoms with E-state index in [9.17, 15) is 9.59 Å². The number of carbonyl (C=O) groups is 2. The van der Waals surface area contributed by atoms with E-state index in [0.717, 1.165) is 21.7 Å². The fraction of sp³-hybridized carbons (Fsp3) is 0.125. The number of carbonyl (C=O) groups excluding carboxylic acids is 2. The summed E-state index contributed by atoms with van der Waals surface area (Å²) in [6.45, 7) is 2.08. The van der Waals surface area contributed by atoms with Gasteiger partial charge in [0, 0.05) is 11.3 Å². The summed E-state index contributed by atoms with van der Waals surface area (Å²) in [4.78, 5) is 28.2. The third-order valence-corrected chi connectivity index (χ3v) is 6.18. The molecule has 0 fully saturated rings. The van der Waals surface area contributed by atoms with Gasteiger partial charge in [0.1, 0.15) is 0 Å². The van der Waals surface area contributed by atoms with Crippen LogP contribution >= 0.6 is 11.3 Å². The van der Waals surface area contributed by atoms with Crippen LogP contribution in [0.1, 0.15) is 44.9 Å². The van der Waals surface area contributed by atoms with E-state index in [1.165, 1.54) is 0 Å². The van der Waals surface area contributed by atoms with Gasteiger partial charge in [-0.25, -0.2) is 4.79 Å². The van der Waals surface area contributed by atoms with Crippen molar-refractivity contribution in [3.05, 3.63) is 94.5 Å². The molecule has 6 nitrogen and oxygen atoms in total. The Morgan fingerprint density at radius 2 is 1.87 bits per heavy atom. The number of H-pyrrole nitrogens is 1. The molecule has 1 aliphatic heterocycles. The Morgan fingerprint density at radius 3 is 2.55 bits per heavy atom. The zero-order valence-corrected chi connectivity index (χ0v) is 17.6. The monoisotopic (exact) mass is 429 g/mol. The first-order valence-electron chi connectivity index (χ1n) is 9.97. The second-order valence-corrected chi connectivity index (χ2v) is 8.04. The summed E-state index contributed by atoms with van der Waals surface area (Å²) in [5.74, 6) is -0.554. The van der Waals surface area contributed by atoms with Crippen LogP contribution in [0.3, 0.4) is 0 Å². The quantitative estimate of drug-likeness (QED) is 0.450. The number of benzene rings is 2. The summed E-state index contributed by atoms with van der Waals surface area (Å²) in [6, 6.07) is 20.5. The minimum atomic E-state index is -0.380. The molecule has 0 unspecified atom stereocenters. The molecule has 4 aromatic rings. The molecule has 0 radical (unpaired) electrons. The lowest BCUT2D eigenvalue weighted by atomic mass is 9.98. The molecule has 154 valence electrons. The van der Waals surface area contributed by atoms with Crippen LogP contribution in [0.25, 0.3) is 10.6 Å². The fourth-order valence-corrected chi connectivity index (χ4v) is 4.67. The molecule has 3 heterocycles. The van der Waals surface area contributed by atoms with E-state index in [1.54, 1.807) is 47.4 Å². The van der Waals surface area contributed by atoms with Crippen molar-refractivity contribution in [1.82, 2.24) is 10.2 Å². The SMILES string of the molecule is CCOC(=O)c1ccc(N2C(=O)c3n[nH]c(-c4cccs4)c3[C@H]2c2ccccc2)cc1. The number of rotatable bonds is 5. The van der Waals surface area contributed by atoms with Crippen molar-refractivity contribution < 1.29 is 14.3 Å². The molecule has 5 rings (SSSR count). The zero-order chi connectivity index (χ0) is 21.4. The first kappa shape index (κ1) is 19.3. The van der Waals surface area contributed by atoms with Crippen LogP contribution in [0.2, 0.25) is 0 Å². The molecular formula is C24H19N3O3S. The minimum absolute atomic E-state index is 0.174. The highest BCUT2D eigenvalue weighted by molar-refractivity contribution is 7.13. The molecule has 0 saturated heterocycles. The summed E-state index contributed by atoms with van der Waals surface area (Å²) in [5.41, 5.74) is 4.29. The number of hydrogen-bond acceptors (Lipinski definition) is 5. The van der Waals surface area contributed by atoms with Crippen molar-refractivity contribution >= 4 is 28.9 Å². The van der Waals surface area contributed by atoms with Crippen LogP contribution in [-0.2, 0) is 4.74 Å². The predicted molar refractivity (Wildman–Crippen MR) is 119 cm³/mol. The molecule has 0 spiro atoms. The van der Waals surface area contributed by atoms with Crippen LogP contribution in [0.5, 0.6) is 0 Å². The molecule has 0 bridgehead atoms. The van der Waals surface area contributed by atoms with E-state index in [-0.39, 0.29) is 17.9 Å². The maximum absolute atomic E-state index is 13.4. The summed E-state index contributed by atoms with van der Waals surface area (Å²) < 4.78 is 5.07. The molecule has 0 aliphatic carbocycles. The minimum Gasteiger partial charge on any atom is -0.462 e. The van der Waals surface area contributed by atoms with Crippen LogP contribution in [0.15, 0.2) is 72.1 Å².